The lowest BCUT2D eigenvalue weighted by atomic mass is 9.91. The molecule has 2 saturated heterocycles. The van der Waals surface area contributed by atoms with Gasteiger partial charge in [0, 0.05) is 31.7 Å². The molecule has 0 aliphatic carbocycles. The molecule has 1 aromatic rings. The summed E-state index contributed by atoms with van der Waals surface area (Å²) in [5.41, 5.74) is 1.37. The fourth-order valence-electron chi connectivity index (χ4n) is 5.19. The van der Waals surface area contributed by atoms with Crippen molar-refractivity contribution in [2.24, 2.45) is 11.8 Å². The van der Waals surface area contributed by atoms with Crippen LogP contribution >= 0.6 is 24.0 Å². The number of anilines is 1. The third kappa shape index (κ3) is 6.00. The van der Waals surface area contributed by atoms with Gasteiger partial charge in [-0.3, -0.25) is 19.1 Å². The second kappa shape index (κ2) is 12.2. The molecular formula is C27H38N4O2S2. The minimum absolute atomic E-state index is 0.0772. The van der Waals surface area contributed by atoms with Crippen molar-refractivity contribution in [3.05, 3.63) is 31.9 Å². The summed E-state index contributed by atoms with van der Waals surface area (Å²) < 4.78 is 2.37. The van der Waals surface area contributed by atoms with Gasteiger partial charge in [0.25, 0.3) is 11.5 Å². The predicted molar refractivity (Wildman–Crippen MR) is 150 cm³/mol. The molecule has 6 nitrogen and oxygen atoms in total. The van der Waals surface area contributed by atoms with Gasteiger partial charge in [-0.05, 0) is 49.7 Å². The predicted octanol–water partition coefficient (Wildman–Crippen LogP) is 5.70. The fourth-order valence-corrected chi connectivity index (χ4v) is 6.48. The number of pyridine rings is 1. The standard InChI is InChI=1S/C27H38N4O2S2/c1-6-8-10-12-31-26(33)23(35-27(31)34)14-21-20(5)22(15-28)25(32)30(11-9-7-2)24(21)29-16-18(3)13-19(4)17-29/h14,18-19H,6-13,16-17H2,1-5H3. The molecule has 0 aromatic carbocycles. The number of thioether (sulfide) groups is 1. The van der Waals surface area contributed by atoms with E-state index in [9.17, 15) is 14.9 Å². The second-order valence-electron chi connectivity index (χ2n) is 10.1. The molecule has 2 unspecified atom stereocenters. The van der Waals surface area contributed by atoms with E-state index >= 15 is 0 Å². The Labute approximate surface area is 219 Å². The Bertz CT molecular complexity index is 1090. The van der Waals surface area contributed by atoms with Gasteiger partial charge >= 0.3 is 0 Å². The van der Waals surface area contributed by atoms with Gasteiger partial charge < -0.3 is 4.90 Å². The monoisotopic (exact) mass is 514 g/mol. The molecule has 0 spiro atoms. The van der Waals surface area contributed by atoms with Gasteiger partial charge in [0.1, 0.15) is 21.8 Å². The van der Waals surface area contributed by atoms with Crippen molar-refractivity contribution in [3.8, 4) is 6.07 Å². The average Bonchev–Trinajstić information content (AvgIpc) is 3.07. The van der Waals surface area contributed by atoms with E-state index in [0.717, 1.165) is 63.0 Å². The summed E-state index contributed by atoms with van der Waals surface area (Å²) >= 11 is 6.87. The first kappa shape index (κ1) is 27.5. The number of unbranched alkanes of at least 4 members (excludes halogenated alkanes) is 3. The first-order valence-electron chi connectivity index (χ1n) is 12.9. The molecule has 2 atom stereocenters. The Hall–Kier alpha value is -2.11. The molecule has 0 bridgehead atoms. The Balaban J connectivity index is 2.17. The molecule has 3 rings (SSSR count). The summed E-state index contributed by atoms with van der Waals surface area (Å²) in [7, 11) is 0. The normalized spacial score (nSPS) is 21.8. The summed E-state index contributed by atoms with van der Waals surface area (Å²) in [6.45, 7) is 13.4. The SMILES string of the molecule is CCCCCN1C(=O)C(=Cc2c(C)c(C#N)c(=O)n(CCCC)c2N2CC(C)CC(C)C2)SC1=S. The molecule has 2 aliphatic heterocycles. The molecule has 0 radical (unpaired) electrons. The summed E-state index contributed by atoms with van der Waals surface area (Å²) in [6, 6.07) is 2.15. The lowest BCUT2D eigenvalue weighted by Crippen LogP contribution is -2.43. The van der Waals surface area contributed by atoms with Crippen LogP contribution in [0.4, 0.5) is 5.82 Å². The molecule has 1 amide bonds. The Kier molecular flexibility index (Phi) is 9.60. The topological polar surface area (TPSA) is 69.3 Å². The number of carbonyl (C=O) groups excluding carboxylic acids is 1. The first-order chi connectivity index (χ1) is 16.7. The van der Waals surface area contributed by atoms with Gasteiger partial charge in [-0.2, -0.15) is 5.26 Å². The van der Waals surface area contributed by atoms with Gasteiger partial charge in [-0.25, -0.2) is 0 Å². The number of nitriles is 1. The maximum atomic E-state index is 13.4. The highest BCUT2D eigenvalue weighted by Gasteiger charge is 2.33. The van der Waals surface area contributed by atoms with E-state index in [-0.39, 0.29) is 17.0 Å². The highest BCUT2D eigenvalue weighted by molar-refractivity contribution is 8.26. The largest absolute Gasteiger partial charge is 0.357 e. The van der Waals surface area contributed by atoms with Crippen molar-refractivity contribution in [2.45, 2.75) is 79.7 Å². The van der Waals surface area contributed by atoms with Crippen molar-refractivity contribution in [3.63, 3.8) is 0 Å². The number of carbonyl (C=O) groups is 1. The van der Waals surface area contributed by atoms with Crippen LogP contribution in [0.2, 0.25) is 0 Å². The summed E-state index contributed by atoms with van der Waals surface area (Å²) in [5, 5.41) is 9.88. The van der Waals surface area contributed by atoms with E-state index in [1.807, 2.05) is 13.0 Å². The number of piperidine rings is 1. The second-order valence-corrected chi connectivity index (χ2v) is 11.7. The molecule has 35 heavy (non-hydrogen) atoms. The summed E-state index contributed by atoms with van der Waals surface area (Å²) in [5.74, 6) is 1.75. The zero-order valence-corrected chi connectivity index (χ0v) is 23.4. The van der Waals surface area contributed by atoms with Crippen molar-refractivity contribution < 1.29 is 4.79 Å². The number of rotatable bonds is 9. The Morgan fingerprint density at radius 3 is 2.34 bits per heavy atom. The van der Waals surface area contributed by atoms with Crippen molar-refractivity contribution in [1.82, 2.24) is 9.47 Å². The molecule has 190 valence electrons. The smallest absolute Gasteiger partial charge is 0.270 e. The number of hydrogen-bond acceptors (Lipinski definition) is 6. The van der Waals surface area contributed by atoms with E-state index in [1.165, 1.54) is 11.8 Å². The third-order valence-corrected chi connectivity index (χ3v) is 8.26. The van der Waals surface area contributed by atoms with Crippen LogP contribution in [0.15, 0.2) is 9.70 Å². The van der Waals surface area contributed by atoms with Crippen molar-refractivity contribution in [2.75, 3.05) is 24.5 Å². The van der Waals surface area contributed by atoms with Crippen LogP contribution in [-0.4, -0.2) is 39.3 Å². The molecule has 8 heteroatoms. The van der Waals surface area contributed by atoms with E-state index in [2.05, 4.69) is 38.7 Å². The maximum absolute atomic E-state index is 13.4. The highest BCUT2D eigenvalue weighted by Crippen LogP contribution is 2.37. The molecule has 1 aromatic heterocycles. The highest BCUT2D eigenvalue weighted by atomic mass is 32.2. The van der Waals surface area contributed by atoms with E-state index in [1.54, 1.807) is 9.47 Å². The Morgan fingerprint density at radius 2 is 1.74 bits per heavy atom. The summed E-state index contributed by atoms with van der Waals surface area (Å²) in [6.07, 6.45) is 7.88. The van der Waals surface area contributed by atoms with Gasteiger partial charge in [-0.15, -0.1) is 0 Å². The van der Waals surface area contributed by atoms with Crippen LogP contribution in [0.1, 0.15) is 82.9 Å². The van der Waals surface area contributed by atoms with Crippen LogP contribution in [0.3, 0.4) is 0 Å². The quantitative estimate of drug-likeness (QED) is 0.239. The average molecular weight is 515 g/mol. The fraction of sp³-hybridized carbons (Fsp3) is 0.630. The van der Waals surface area contributed by atoms with Crippen molar-refractivity contribution in [1.29, 1.82) is 5.26 Å². The molecule has 0 saturated carbocycles. The summed E-state index contributed by atoms with van der Waals surface area (Å²) in [4.78, 5) is 31.3. The van der Waals surface area contributed by atoms with Gasteiger partial charge in [0.05, 0.1) is 4.91 Å². The number of hydrogen-bond donors (Lipinski definition) is 0. The van der Waals surface area contributed by atoms with Gasteiger partial charge in [0.15, 0.2) is 0 Å². The van der Waals surface area contributed by atoms with Crippen molar-refractivity contribution >= 4 is 46.1 Å². The number of nitrogens with zero attached hydrogens (tertiary/aromatic N) is 4. The first-order valence-corrected chi connectivity index (χ1v) is 14.1. The maximum Gasteiger partial charge on any atom is 0.270 e. The minimum atomic E-state index is -0.233. The van der Waals surface area contributed by atoms with Crippen LogP contribution in [0.25, 0.3) is 6.08 Å². The van der Waals surface area contributed by atoms with Crippen LogP contribution in [0, 0.1) is 30.1 Å². The van der Waals surface area contributed by atoms with Crippen LogP contribution in [0.5, 0.6) is 0 Å². The van der Waals surface area contributed by atoms with Gasteiger partial charge in [-0.1, -0.05) is 70.9 Å². The van der Waals surface area contributed by atoms with Crippen LogP contribution in [-0.2, 0) is 11.3 Å². The molecule has 0 N–H and O–H groups in total. The van der Waals surface area contributed by atoms with E-state index < -0.39 is 0 Å². The lowest BCUT2D eigenvalue weighted by molar-refractivity contribution is -0.122. The zero-order valence-electron chi connectivity index (χ0n) is 21.7. The van der Waals surface area contributed by atoms with E-state index in [4.69, 9.17) is 12.2 Å². The lowest BCUT2D eigenvalue weighted by Gasteiger charge is -2.39. The van der Waals surface area contributed by atoms with E-state index in [0.29, 0.717) is 39.7 Å². The van der Waals surface area contributed by atoms with Crippen LogP contribution < -0.4 is 10.5 Å². The zero-order chi connectivity index (χ0) is 25.7. The number of thiocarbonyl (C=S) groups is 1. The third-order valence-electron chi connectivity index (χ3n) is 6.88. The molecule has 3 heterocycles. The number of aromatic nitrogens is 1. The molecule has 2 aliphatic rings. The molecular weight excluding hydrogens is 476 g/mol. The Morgan fingerprint density at radius 1 is 1.09 bits per heavy atom. The number of amides is 1. The van der Waals surface area contributed by atoms with Gasteiger partial charge in [0.2, 0.25) is 0 Å². The molecule has 2 fully saturated rings. The minimum Gasteiger partial charge on any atom is -0.357 e.